The first-order chi connectivity index (χ1) is 22.0. The monoisotopic (exact) mass is 645 g/mol. The number of aliphatic hydroxyl groups excluding tert-OH is 2. The number of carbonyl (C=O) groups is 3. The molecule has 2 saturated heterocycles. The minimum atomic E-state index is -2.01. The molecule has 3 saturated carbocycles. The summed E-state index contributed by atoms with van der Waals surface area (Å²) in [4.78, 5) is 43.1. The van der Waals surface area contributed by atoms with E-state index < -0.39 is 35.1 Å². The van der Waals surface area contributed by atoms with Crippen LogP contribution in [0.25, 0.3) is 0 Å². The van der Waals surface area contributed by atoms with Crippen molar-refractivity contribution in [3.8, 4) is 0 Å². The van der Waals surface area contributed by atoms with E-state index in [1.54, 1.807) is 0 Å². The Morgan fingerprint density at radius 2 is 1.80 bits per heavy atom. The maximum atomic E-state index is 14.6. The van der Waals surface area contributed by atoms with E-state index in [2.05, 4.69) is 19.2 Å². The van der Waals surface area contributed by atoms with Crippen LogP contribution in [0.4, 0.5) is 0 Å². The summed E-state index contributed by atoms with van der Waals surface area (Å²) in [6, 6.07) is 0. The van der Waals surface area contributed by atoms with Gasteiger partial charge in [-0.1, -0.05) is 57.9 Å². The van der Waals surface area contributed by atoms with Gasteiger partial charge in [-0.3, -0.25) is 15.3 Å². The molecule has 5 fully saturated rings. The summed E-state index contributed by atoms with van der Waals surface area (Å²) in [5.41, 5.74) is 4.13. The number of ether oxygens (including phenoxy) is 2. The fraction of sp³-hybridized carbons (Fsp3) is 0.865. The molecule has 260 valence electrons. The van der Waals surface area contributed by atoms with Gasteiger partial charge in [-0.05, 0) is 87.5 Å². The molecule has 5 rings (SSSR count). The van der Waals surface area contributed by atoms with E-state index in [0.717, 1.165) is 63.5 Å². The molecule has 0 radical (unpaired) electrons. The molecule has 8 atom stereocenters. The Morgan fingerprint density at radius 3 is 2.50 bits per heavy atom. The average Bonchev–Trinajstić information content (AvgIpc) is 3.75. The maximum absolute atomic E-state index is 14.6. The lowest BCUT2D eigenvalue weighted by atomic mass is 9.56. The highest BCUT2D eigenvalue weighted by Crippen LogP contribution is 2.63. The van der Waals surface area contributed by atoms with Crippen molar-refractivity contribution in [1.29, 1.82) is 0 Å². The van der Waals surface area contributed by atoms with E-state index in [0.29, 0.717) is 36.2 Å². The largest absolute Gasteiger partial charge is 0.460 e. The van der Waals surface area contributed by atoms with Crippen molar-refractivity contribution in [3.63, 3.8) is 0 Å². The van der Waals surface area contributed by atoms with Crippen molar-refractivity contribution in [2.45, 2.75) is 147 Å². The molecule has 3 aliphatic carbocycles. The molecule has 2 aliphatic heterocycles. The third kappa shape index (κ3) is 7.34. The van der Waals surface area contributed by atoms with Crippen LogP contribution >= 0.6 is 0 Å². The van der Waals surface area contributed by atoms with Crippen LogP contribution in [0.5, 0.6) is 0 Å². The molecule has 9 nitrogen and oxygen atoms in total. The number of hydrogen-bond acceptors (Lipinski definition) is 8. The zero-order valence-electron chi connectivity index (χ0n) is 28.6. The number of hydrogen-bond donors (Lipinski definition) is 4. The molecule has 2 heterocycles. The van der Waals surface area contributed by atoms with Crippen LogP contribution in [-0.2, 0) is 23.9 Å². The van der Waals surface area contributed by atoms with Crippen molar-refractivity contribution in [2.24, 2.45) is 41.2 Å². The van der Waals surface area contributed by atoms with Gasteiger partial charge in [0.05, 0.1) is 19.3 Å². The minimum Gasteiger partial charge on any atom is -0.460 e. The predicted octanol–water partition coefficient (Wildman–Crippen LogP) is 3.73. The number of nitrogens with two attached hydrogens (primary N) is 2. The molecular weight excluding hydrogens is 584 g/mol. The van der Waals surface area contributed by atoms with E-state index in [4.69, 9.17) is 15.2 Å². The molecule has 0 bridgehead atoms. The van der Waals surface area contributed by atoms with Gasteiger partial charge < -0.3 is 25.0 Å². The van der Waals surface area contributed by atoms with Gasteiger partial charge in [-0.2, -0.15) is 0 Å². The smallest absolute Gasteiger partial charge is 0.350 e. The lowest BCUT2D eigenvalue weighted by Gasteiger charge is -2.42. The summed E-state index contributed by atoms with van der Waals surface area (Å²) in [6.07, 6.45) is 13.6. The summed E-state index contributed by atoms with van der Waals surface area (Å²) < 4.78 is 11.9. The van der Waals surface area contributed by atoms with Crippen LogP contribution in [-0.4, -0.2) is 71.0 Å². The van der Waals surface area contributed by atoms with E-state index in [1.165, 1.54) is 32.1 Å². The second-order valence-electron chi connectivity index (χ2n) is 16.0. The number of rotatable bonds is 14. The van der Waals surface area contributed by atoms with Gasteiger partial charge in [0.1, 0.15) is 12.8 Å². The average molecular weight is 646 g/mol. The van der Waals surface area contributed by atoms with Gasteiger partial charge >= 0.3 is 5.97 Å². The summed E-state index contributed by atoms with van der Waals surface area (Å²) in [5, 5.41) is 23.5. The van der Waals surface area contributed by atoms with Crippen molar-refractivity contribution >= 4 is 17.5 Å². The number of carbonyl (C=O) groups excluding carboxylic acids is 3. The van der Waals surface area contributed by atoms with Crippen LogP contribution in [0.3, 0.4) is 0 Å². The Kier molecular flexibility index (Phi) is 11.8. The minimum absolute atomic E-state index is 0.00919. The van der Waals surface area contributed by atoms with Crippen molar-refractivity contribution < 1.29 is 39.4 Å². The van der Waals surface area contributed by atoms with Gasteiger partial charge in [-0.15, -0.1) is 0 Å². The van der Waals surface area contributed by atoms with Crippen molar-refractivity contribution in [1.82, 2.24) is 0 Å². The van der Waals surface area contributed by atoms with Crippen LogP contribution in [0.1, 0.15) is 124 Å². The number of piperidine rings is 1. The Bertz CT molecular complexity index is 1130. The Morgan fingerprint density at radius 1 is 1.04 bits per heavy atom. The second kappa shape index (κ2) is 15.3. The summed E-state index contributed by atoms with van der Waals surface area (Å²) in [5.74, 6) is -0.969. The molecule has 9 heteroatoms. The maximum Gasteiger partial charge on any atom is 0.350 e. The Balaban J connectivity index is 1.35. The third-order valence-corrected chi connectivity index (χ3v) is 12.2. The summed E-state index contributed by atoms with van der Waals surface area (Å²) >= 11 is 0. The highest BCUT2D eigenvalue weighted by molar-refractivity contribution is 6.23. The zero-order chi connectivity index (χ0) is 33.1. The molecule has 6 N–H and O–H groups in total. The van der Waals surface area contributed by atoms with Crippen LogP contribution in [0, 0.1) is 35.5 Å². The van der Waals surface area contributed by atoms with Crippen LogP contribution < -0.4 is 11.1 Å². The summed E-state index contributed by atoms with van der Waals surface area (Å²) in [7, 11) is 0. The summed E-state index contributed by atoms with van der Waals surface area (Å²) in [6.45, 7) is 6.73. The number of quaternary nitrogens is 1. The first-order valence-electron chi connectivity index (χ1n) is 18.5. The fourth-order valence-electron chi connectivity index (χ4n) is 9.55. The van der Waals surface area contributed by atoms with Gasteiger partial charge in [-0.25, -0.2) is 4.79 Å². The van der Waals surface area contributed by atoms with Crippen molar-refractivity contribution in [3.05, 3.63) is 11.1 Å². The number of allylic oxidation sites excluding steroid dienone is 1. The Hall–Kier alpha value is -1.65. The van der Waals surface area contributed by atoms with Gasteiger partial charge in [0.15, 0.2) is 17.2 Å². The fourth-order valence-corrected chi connectivity index (χ4v) is 9.55. The van der Waals surface area contributed by atoms with Gasteiger partial charge in [0, 0.05) is 24.7 Å². The number of Topliss-reactive ketones (excluding diaryl/α,β-unsaturated/α-hetero) is 2. The first-order valence-corrected chi connectivity index (χ1v) is 18.5. The molecular formula is C37H61N2O7+. The molecule has 0 aromatic rings. The number of epoxide rings is 1. The van der Waals surface area contributed by atoms with Crippen LogP contribution in [0.2, 0.25) is 0 Å². The van der Waals surface area contributed by atoms with Crippen LogP contribution in [0.15, 0.2) is 11.1 Å². The second-order valence-corrected chi connectivity index (χ2v) is 16.0. The van der Waals surface area contributed by atoms with E-state index in [-0.39, 0.29) is 43.3 Å². The number of fused-ring (bicyclic) bond motifs is 2. The van der Waals surface area contributed by atoms with E-state index in [9.17, 15) is 24.6 Å². The first kappa shape index (κ1) is 35.7. The molecule has 5 aliphatic rings. The molecule has 46 heavy (non-hydrogen) atoms. The zero-order valence-corrected chi connectivity index (χ0v) is 28.6. The lowest BCUT2D eigenvalue weighted by Crippen LogP contribution is -2.94. The van der Waals surface area contributed by atoms with E-state index >= 15 is 0 Å². The highest BCUT2D eigenvalue weighted by Gasteiger charge is 2.87. The standard InChI is InChI=1S/C37H60N2O7/c1-23(2)18-27-10-7-11-30-32(27)34(43)37(35(44)45-22-29(41)15-14-25-8-5-4-6-9-25)36(46-37,33(30)42)20-28(21-40)24(3)12-13-26-16-17-39-31(38)19-26/h23,25-27,29-32,39-41H,4-22,38H2,1-3H3/p+1/t26?,27?,29-,30?,31?,32?,36+,37-/m1/s1. The quantitative estimate of drug-likeness (QED) is 0.0964. The Labute approximate surface area is 275 Å². The number of esters is 1. The molecule has 0 spiro atoms. The molecule has 0 aromatic carbocycles. The van der Waals surface area contributed by atoms with Gasteiger partial charge in [0.25, 0.3) is 5.60 Å². The molecule has 0 aromatic heterocycles. The SMILES string of the molecule is CC(CCC1CC[NH2+]C(N)C1)=C(CO)C[C@@]12O[C@@]1(C(=O)OC[C@H](O)CCC1CCCCC1)C(=O)C1C(CC(C)C)CCCC1C2=O. The van der Waals surface area contributed by atoms with Gasteiger partial charge in [0.2, 0.25) is 0 Å². The normalized spacial score (nSPS) is 36.1. The molecule has 0 amide bonds. The van der Waals surface area contributed by atoms with E-state index in [1.807, 2.05) is 6.92 Å². The third-order valence-electron chi connectivity index (χ3n) is 12.2. The predicted molar refractivity (Wildman–Crippen MR) is 174 cm³/mol. The lowest BCUT2D eigenvalue weighted by molar-refractivity contribution is -0.699. The van der Waals surface area contributed by atoms with Crippen molar-refractivity contribution in [2.75, 3.05) is 19.8 Å². The highest BCUT2D eigenvalue weighted by atomic mass is 16.7. The number of ketones is 2. The number of aliphatic hydroxyl groups is 2. The molecule has 5 unspecified atom stereocenters. The topological polar surface area (TPSA) is 156 Å².